The largest absolute Gasteiger partial charge is 0.469 e. The van der Waals surface area contributed by atoms with Crippen molar-refractivity contribution in [3.05, 3.63) is 0 Å². The van der Waals surface area contributed by atoms with E-state index in [-0.39, 0.29) is 5.97 Å². The Kier molecular flexibility index (Phi) is 8.61. The average molecular weight is 260 g/mol. The molecule has 0 N–H and O–H groups in total. The van der Waals surface area contributed by atoms with E-state index >= 15 is 0 Å². The van der Waals surface area contributed by atoms with E-state index in [2.05, 4.69) is 9.47 Å². The number of hydrogen-bond acceptors (Lipinski definition) is 6. The minimum atomic E-state index is -0.856. The number of esters is 3. The van der Waals surface area contributed by atoms with Crippen LogP contribution in [0.15, 0.2) is 0 Å². The van der Waals surface area contributed by atoms with Crippen molar-refractivity contribution < 1.29 is 28.6 Å². The molecular weight excluding hydrogens is 240 g/mol. The summed E-state index contributed by atoms with van der Waals surface area (Å²) in [5.74, 6) is -1.32. The fourth-order valence-electron chi connectivity index (χ4n) is 1.43. The molecule has 0 spiro atoms. The molecule has 0 heterocycles. The molecule has 6 heteroatoms. The Hall–Kier alpha value is -1.59. The second-order valence-corrected chi connectivity index (χ2v) is 3.80. The fraction of sp³-hybridized carbons (Fsp3) is 0.750. The van der Waals surface area contributed by atoms with Crippen molar-refractivity contribution >= 4 is 17.9 Å². The predicted octanol–water partition coefficient (Wildman–Crippen LogP) is 1.21. The van der Waals surface area contributed by atoms with Crippen LogP contribution in [-0.2, 0) is 28.6 Å². The van der Waals surface area contributed by atoms with Crippen molar-refractivity contribution in [2.45, 2.75) is 45.1 Å². The first-order chi connectivity index (χ1) is 8.51. The molecule has 0 aliphatic rings. The predicted molar refractivity (Wildman–Crippen MR) is 62.7 cm³/mol. The van der Waals surface area contributed by atoms with E-state index in [0.717, 1.165) is 6.42 Å². The summed E-state index contributed by atoms with van der Waals surface area (Å²) >= 11 is 0. The van der Waals surface area contributed by atoms with E-state index in [1.165, 1.54) is 21.1 Å². The van der Waals surface area contributed by atoms with Gasteiger partial charge in [-0.3, -0.25) is 9.59 Å². The van der Waals surface area contributed by atoms with Gasteiger partial charge >= 0.3 is 17.9 Å². The quantitative estimate of drug-likeness (QED) is 0.371. The number of hydrogen-bond donors (Lipinski definition) is 0. The number of rotatable bonds is 8. The molecule has 0 aliphatic carbocycles. The van der Waals surface area contributed by atoms with Gasteiger partial charge in [0.1, 0.15) is 0 Å². The Morgan fingerprint density at radius 2 is 1.67 bits per heavy atom. The normalized spacial score (nSPS) is 11.5. The fourth-order valence-corrected chi connectivity index (χ4v) is 1.43. The molecule has 0 aromatic rings. The molecule has 0 bridgehead atoms. The number of methoxy groups -OCH3 is 2. The van der Waals surface area contributed by atoms with Crippen molar-refractivity contribution in [3.63, 3.8) is 0 Å². The van der Waals surface area contributed by atoms with Gasteiger partial charge in [0.25, 0.3) is 0 Å². The maximum Gasteiger partial charge on any atom is 0.347 e. The van der Waals surface area contributed by atoms with E-state index in [1.54, 1.807) is 0 Å². The van der Waals surface area contributed by atoms with Crippen LogP contribution in [0.2, 0.25) is 0 Å². The Morgan fingerprint density at radius 3 is 2.17 bits per heavy atom. The molecule has 0 saturated carbocycles. The van der Waals surface area contributed by atoms with Crippen molar-refractivity contribution in [2.24, 2.45) is 0 Å². The van der Waals surface area contributed by atoms with Crippen molar-refractivity contribution in [1.29, 1.82) is 0 Å². The van der Waals surface area contributed by atoms with Crippen LogP contribution < -0.4 is 0 Å². The number of ether oxygens (including phenoxy) is 3. The lowest BCUT2D eigenvalue weighted by Crippen LogP contribution is -2.27. The topological polar surface area (TPSA) is 78.9 Å². The summed E-state index contributed by atoms with van der Waals surface area (Å²) < 4.78 is 13.9. The van der Waals surface area contributed by atoms with E-state index < -0.39 is 18.0 Å². The highest BCUT2D eigenvalue weighted by Gasteiger charge is 2.21. The van der Waals surface area contributed by atoms with Crippen molar-refractivity contribution in [1.82, 2.24) is 0 Å². The molecule has 104 valence electrons. The molecular formula is C12H20O6. The summed E-state index contributed by atoms with van der Waals surface area (Å²) in [4.78, 5) is 32.9. The zero-order valence-electron chi connectivity index (χ0n) is 11.1. The molecule has 0 radical (unpaired) electrons. The van der Waals surface area contributed by atoms with Crippen LogP contribution in [0.5, 0.6) is 0 Å². The van der Waals surface area contributed by atoms with Crippen LogP contribution in [0, 0.1) is 0 Å². The Balaban J connectivity index is 3.86. The van der Waals surface area contributed by atoms with Crippen LogP contribution in [0.1, 0.15) is 39.0 Å². The van der Waals surface area contributed by atoms with E-state index in [4.69, 9.17) is 4.74 Å². The molecule has 1 atom stereocenters. The second-order valence-electron chi connectivity index (χ2n) is 3.80. The minimum Gasteiger partial charge on any atom is -0.469 e. The highest BCUT2D eigenvalue weighted by Crippen LogP contribution is 2.10. The van der Waals surface area contributed by atoms with E-state index in [1.807, 2.05) is 0 Å². The molecule has 0 aromatic carbocycles. The summed E-state index contributed by atoms with van der Waals surface area (Å²) in [5.41, 5.74) is 0. The van der Waals surface area contributed by atoms with Gasteiger partial charge in [0.15, 0.2) is 6.10 Å². The van der Waals surface area contributed by atoms with Crippen molar-refractivity contribution in [3.8, 4) is 0 Å². The molecule has 18 heavy (non-hydrogen) atoms. The molecule has 6 nitrogen and oxygen atoms in total. The van der Waals surface area contributed by atoms with Gasteiger partial charge < -0.3 is 14.2 Å². The monoisotopic (exact) mass is 260 g/mol. The third kappa shape index (κ3) is 7.65. The number of carbonyl (C=O) groups excluding carboxylic acids is 3. The lowest BCUT2D eigenvalue weighted by molar-refractivity contribution is -0.165. The van der Waals surface area contributed by atoms with Gasteiger partial charge in [-0.15, -0.1) is 0 Å². The first-order valence-corrected chi connectivity index (χ1v) is 5.83. The minimum absolute atomic E-state index is 0.250. The third-order valence-electron chi connectivity index (χ3n) is 2.35. The van der Waals surface area contributed by atoms with Gasteiger partial charge in [-0.25, -0.2) is 4.79 Å². The van der Waals surface area contributed by atoms with E-state index in [9.17, 15) is 14.4 Å². The summed E-state index contributed by atoms with van der Waals surface area (Å²) in [6.45, 7) is 1.24. The smallest absolute Gasteiger partial charge is 0.347 e. The van der Waals surface area contributed by atoms with Crippen LogP contribution in [0.3, 0.4) is 0 Å². The maximum atomic E-state index is 11.3. The summed E-state index contributed by atoms with van der Waals surface area (Å²) in [6, 6.07) is 0. The van der Waals surface area contributed by atoms with Gasteiger partial charge in [0.05, 0.1) is 14.2 Å². The van der Waals surface area contributed by atoms with Gasteiger partial charge in [-0.2, -0.15) is 0 Å². The highest BCUT2D eigenvalue weighted by atomic mass is 16.6. The zero-order chi connectivity index (χ0) is 14.0. The molecule has 0 saturated heterocycles. The summed E-state index contributed by atoms with van der Waals surface area (Å²) in [7, 11) is 2.59. The van der Waals surface area contributed by atoms with Crippen LogP contribution in [-0.4, -0.2) is 38.2 Å². The Morgan fingerprint density at radius 1 is 1.00 bits per heavy atom. The van der Waals surface area contributed by atoms with Gasteiger partial charge in [0, 0.05) is 13.3 Å². The van der Waals surface area contributed by atoms with Crippen LogP contribution >= 0.6 is 0 Å². The third-order valence-corrected chi connectivity index (χ3v) is 2.35. The molecule has 0 aromatic heterocycles. The Labute approximate surface area is 107 Å². The lowest BCUT2D eigenvalue weighted by Gasteiger charge is -2.14. The van der Waals surface area contributed by atoms with Crippen LogP contribution in [0.4, 0.5) is 0 Å². The summed E-state index contributed by atoms with van der Waals surface area (Å²) in [5, 5.41) is 0. The second kappa shape index (κ2) is 9.44. The first kappa shape index (κ1) is 16.4. The number of unbranched alkanes of at least 4 members (excludes halogenated alkanes) is 2. The summed E-state index contributed by atoms with van der Waals surface area (Å²) in [6.07, 6.45) is 2.00. The van der Waals surface area contributed by atoms with Crippen molar-refractivity contribution in [2.75, 3.05) is 14.2 Å². The van der Waals surface area contributed by atoms with Gasteiger partial charge in [0.2, 0.25) is 0 Å². The molecule has 0 amide bonds. The Bertz CT molecular complexity index is 286. The van der Waals surface area contributed by atoms with E-state index in [0.29, 0.717) is 25.7 Å². The maximum absolute atomic E-state index is 11.3. The molecule has 0 fully saturated rings. The average Bonchev–Trinajstić information content (AvgIpc) is 2.35. The SMILES string of the molecule is COC(=O)CCCCCC(OC(C)=O)C(=O)OC. The first-order valence-electron chi connectivity index (χ1n) is 5.83. The molecule has 0 rings (SSSR count). The van der Waals surface area contributed by atoms with Gasteiger partial charge in [-0.05, 0) is 19.3 Å². The zero-order valence-corrected chi connectivity index (χ0v) is 11.1. The van der Waals surface area contributed by atoms with Crippen LogP contribution in [0.25, 0.3) is 0 Å². The van der Waals surface area contributed by atoms with Gasteiger partial charge in [-0.1, -0.05) is 6.42 Å². The lowest BCUT2D eigenvalue weighted by atomic mass is 10.1. The number of carbonyl (C=O) groups is 3. The highest BCUT2D eigenvalue weighted by molar-refractivity contribution is 5.78. The molecule has 0 aliphatic heterocycles. The standard InChI is InChI=1S/C12H20O6/c1-9(13)18-10(12(15)17-3)7-5-4-6-8-11(14)16-2/h10H,4-8H2,1-3H3. The molecule has 1 unspecified atom stereocenters.